The highest BCUT2D eigenvalue weighted by molar-refractivity contribution is 7.17. The van der Waals surface area contributed by atoms with E-state index < -0.39 is 0 Å². The standard InChI is InChI=1S/C21H28N4OS/c26-20(22-15-17-7-3-1-4-8-17)19-16-23-21(27-19)25-13-9-18(10-14-25)24-11-5-2-6-12-24/h1,3-4,7-8,16,18H,2,5-6,9-15H2,(H,22,26). The van der Waals surface area contributed by atoms with Crippen molar-refractivity contribution in [3.05, 3.63) is 47.0 Å². The number of likely N-dealkylation sites (tertiary alicyclic amines) is 1. The van der Waals surface area contributed by atoms with Crippen molar-refractivity contribution in [2.75, 3.05) is 31.1 Å². The van der Waals surface area contributed by atoms with Crippen molar-refractivity contribution in [1.82, 2.24) is 15.2 Å². The van der Waals surface area contributed by atoms with E-state index in [2.05, 4.69) is 20.1 Å². The van der Waals surface area contributed by atoms with E-state index in [0.29, 0.717) is 11.4 Å². The van der Waals surface area contributed by atoms with Crippen molar-refractivity contribution < 1.29 is 4.79 Å². The molecule has 0 atom stereocenters. The summed E-state index contributed by atoms with van der Waals surface area (Å²) in [4.78, 5) is 22.7. The number of nitrogens with one attached hydrogen (secondary N) is 1. The maximum atomic E-state index is 12.4. The molecule has 4 rings (SSSR count). The van der Waals surface area contributed by atoms with Gasteiger partial charge in [0, 0.05) is 25.7 Å². The van der Waals surface area contributed by atoms with Crippen LogP contribution in [-0.4, -0.2) is 48.0 Å². The molecular weight excluding hydrogens is 356 g/mol. The number of anilines is 1. The molecule has 0 spiro atoms. The normalized spacial score (nSPS) is 19.2. The van der Waals surface area contributed by atoms with Crippen molar-refractivity contribution in [3.8, 4) is 0 Å². The van der Waals surface area contributed by atoms with Gasteiger partial charge < -0.3 is 15.1 Å². The lowest BCUT2D eigenvalue weighted by molar-refractivity contribution is 0.0955. The molecule has 2 aliphatic heterocycles. The molecule has 0 radical (unpaired) electrons. The molecule has 0 bridgehead atoms. The molecule has 2 aliphatic rings. The van der Waals surface area contributed by atoms with Crippen LogP contribution in [0.2, 0.25) is 0 Å². The van der Waals surface area contributed by atoms with Crippen LogP contribution >= 0.6 is 11.3 Å². The topological polar surface area (TPSA) is 48.5 Å². The first-order valence-electron chi connectivity index (χ1n) is 10.1. The van der Waals surface area contributed by atoms with Crippen LogP contribution in [0.25, 0.3) is 0 Å². The lowest BCUT2D eigenvalue weighted by atomic mass is 10.0. The average molecular weight is 385 g/mol. The second-order valence-corrected chi connectivity index (χ2v) is 8.50. The summed E-state index contributed by atoms with van der Waals surface area (Å²) in [6.07, 6.45) is 8.23. The Labute approximate surface area is 165 Å². The fraction of sp³-hybridized carbons (Fsp3) is 0.524. The fourth-order valence-electron chi connectivity index (χ4n) is 4.09. The van der Waals surface area contributed by atoms with E-state index >= 15 is 0 Å². The molecule has 144 valence electrons. The lowest BCUT2D eigenvalue weighted by Crippen LogP contribution is -2.46. The van der Waals surface area contributed by atoms with Gasteiger partial charge in [-0.15, -0.1) is 0 Å². The maximum Gasteiger partial charge on any atom is 0.263 e. The molecule has 0 aliphatic carbocycles. The van der Waals surface area contributed by atoms with Gasteiger partial charge in [0.2, 0.25) is 0 Å². The Balaban J connectivity index is 1.28. The highest BCUT2D eigenvalue weighted by Gasteiger charge is 2.27. The minimum absolute atomic E-state index is 0.0363. The highest BCUT2D eigenvalue weighted by Crippen LogP contribution is 2.28. The smallest absolute Gasteiger partial charge is 0.263 e. The van der Waals surface area contributed by atoms with Crippen LogP contribution < -0.4 is 10.2 Å². The van der Waals surface area contributed by atoms with Crippen molar-refractivity contribution >= 4 is 22.4 Å². The highest BCUT2D eigenvalue weighted by atomic mass is 32.1. The molecule has 1 amide bonds. The Morgan fingerprint density at radius 3 is 2.56 bits per heavy atom. The third-order valence-electron chi connectivity index (χ3n) is 5.66. The molecule has 1 aromatic carbocycles. The number of nitrogens with zero attached hydrogens (tertiary/aromatic N) is 3. The molecule has 2 aromatic rings. The van der Waals surface area contributed by atoms with Gasteiger partial charge in [0.15, 0.2) is 5.13 Å². The van der Waals surface area contributed by atoms with Gasteiger partial charge in [-0.1, -0.05) is 48.1 Å². The Kier molecular flexibility index (Phi) is 6.04. The van der Waals surface area contributed by atoms with Crippen LogP contribution in [0, 0.1) is 0 Å². The quantitative estimate of drug-likeness (QED) is 0.857. The predicted octanol–water partition coefficient (Wildman–Crippen LogP) is 3.53. The second kappa shape index (κ2) is 8.85. The molecule has 0 saturated carbocycles. The Morgan fingerprint density at radius 1 is 1.07 bits per heavy atom. The zero-order chi connectivity index (χ0) is 18.5. The fourth-order valence-corrected chi connectivity index (χ4v) is 4.97. The molecule has 27 heavy (non-hydrogen) atoms. The first-order chi connectivity index (χ1) is 13.3. The summed E-state index contributed by atoms with van der Waals surface area (Å²) in [6, 6.07) is 10.7. The molecule has 1 aromatic heterocycles. The first kappa shape index (κ1) is 18.4. The summed E-state index contributed by atoms with van der Waals surface area (Å²) in [7, 11) is 0. The third kappa shape index (κ3) is 4.68. The van der Waals surface area contributed by atoms with Gasteiger partial charge in [-0.05, 0) is 44.3 Å². The number of aromatic nitrogens is 1. The largest absolute Gasteiger partial charge is 0.348 e. The average Bonchev–Trinajstić information content (AvgIpc) is 3.24. The number of rotatable bonds is 5. The number of thiazole rings is 1. The van der Waals surface area contributed by atoms with Gasteiger partial charge in [0.25, 0.3) is 5.91 Å². The monoisotopic (exact) mass is 384 g/mol. The van der Waals surface area contributed by atoms with E-state index in [4.69, 9.17) is 0 Å². The van der Waals surface area contributed by atoms with E-state index in [1.54, 1.807) is 6.20 Å². The molecule has 3 heterocycles. The van der Waals surface area contributed by atoms with Crippen LogP contribution in [0.15, 0.2) is 36.5 Å². The minimum atomic E-state index is -0.0363. The molecule has 2 saturated heterocycles. The Bertz CT molecular complexity index is 734. The summed E-state index contributed by atoms with van der Waals surface area (Å²) in [5, 5.41) is 3.97. The summed E-state index contributed by atoms with van der Waals surface area (Å²) in [5.41, 5.74) is 1.11. The van der Waals surface area contributed by atoms with Gasteiger partial charge >= 0.3 is 0 Å². The molecule has 0 unspecified atom stereocenters. The number of carbonyl (C=O) groups is 1. The van der Waals surface area contributed by atoms with Crippen LogP contribution in [0.3, 0.4) is 0 Å². The van der Waals surface area contributed by atoms with Crippen molar-refractivity contribution in [1.29, 1.82) is 0 Å². The van der Waals surface area contributed by atoms with Gasteiger partial charge in [-0.25, -0.2) is 4.98 Å². The molecule has 5 nitrogen and oxygen atoms in total. The summed E-state index contributed by atoms with van der Waals surface area (Å²) < 4.78 is 0. The van der Waals surface area contributed by atoms with Crippen LogP contribution in [-0.2, 0) is 6.54 Å². The number of benzene rings is 1. The summed E-state index contributed by atoms with van der Waals surface area (Å²) >= 11 is 1.51. The minimum Gasteiger partial charge on any atom is -0.348 e. The number of amides is 1. The van der Waals surface area contributed by atoms with Gasteiger partial charge in [0.1, 0.15) is 4.88 Å². The van der Waals surface area contributed by atoms with Gasteiger partial charge in [-0.3, -0.25) is 4.79 Å². The van der Waals surface area contributed by atoms with Crippen LogP contribution in [0.5, 0.6) is 0 Å². The van der Waals surface area contributed by atoms with Gasteiger partial charge in [-0.2, -0.15) is 0 Å². The number of hydrogen-bond acceptors (Lipinski definition) is 5. The number of carbonyl (C=O) groups excluding carboxylic acids is 1. The SMILES string of the molecule is O=C(NCc1ccccc1)c1cnc(N2CCC(N3CCCCC3)CC2)s1. The Hall–Kier alpha value is -1.92. The first-order valence-corrected chi connectivity index (χ1v) is 10.9. The van der Waals surface area contributed by atoms with E-state index in [1.165, 1.54) is 56.5 Å². The zero-order valence-corrected chi connectivity index (χ0v) is 16.6. The van der Waals surface area contributed by atoms with E-state index in [0.717, 1.165) is 29.8 Å². The maximum absolute atomic E-state index is 12.4. The second-order valence-electron chi connectivity index (χ2n) is 7.49. The molecule has 1 N–H and O–H groups in total. The molecular formula is C21H28N4OS. The molecule has 2 fully saturated rings. The number of piperidine rings is 2. The van der Waals surface area contributed by atoms with Crippen LogP contribution in [0.1, 0.15) is 47.3 Å². The predicted molar refractivity (Wildman–Crippen MR) is 110 cm³/mol. The van der Waals surface area contributed by atoms with E-state index in [9.17, 15) is 4.79 Å². The third-order valence-corrected chi connectivity index (χ3v) is 6.71. The van der Waals surface area contributed by atoms with Crippen molar-refractivity contribution in [2.24, 2.45) is 0 Å². The molecule has 6 heteroatoms. The van der Waals surface area contributed by atoms with Gasteiger partial charge in [0.05, 0.1) is 6.20 Å². The Morgan fingerprint density at radius 2 is 1.81 bits per heavy atom. The van der Waals surface area contributed by atoms with E-state index in [-0.39, 0.29) is 5.91 Å². The number of hydrogen-bond donors (Lipinski definition) is 1. The zero-order valence-electron chi connectivity index (χ0n) is 15.8. The van der Waals surface area contributed by atoms with E-state index in [1.807, 2.05) is 30.3 Å². The van der Waals surface area contributed by atoms with Crippen LogP contribution in [0.4, 0.5) is 5.13 Å². The van der Waals surface area contributed by atoms with Crippen molar-refractivity contribution in [3.63, 3.8) is 0 Å². The van der Waals surface area contributed by atoms with Crippen molar-refractivity contribution in [2.45, 2.75) is 44.7 Å². The lowest BCUT2D eigenvalue weighted by Gasteiger charge is -2.40. The summed E-state index contributed by atoms with van der Waals surface area (Å²) in [5.74, 6) is -0.0363. The summed E-state index contributed by atoms with van der Waals surface area (Å²) in [6.45, 7) is 5.18.